The van der Waals surface area contributed by atoms with E-state index in [0.29, 0.717) is 38.1 Å². The first-order valence-electron chi connectivity index (χ1n) is 11.7. The van der Waals surface area contributed by atoms with E-state index in [1.165, 1.54) is 4.90 Å². The van der Waals surface area contributed by atoms with Crippen molar-refractivity contribution < 1.29 is 24.2 Å². The van der Waals surface area contributed by atoms with Gasteiger partial charge in [-0.2, -0.15) is 0 Å². The van der Waals surface area contributed by atoms with Gasteiger partial charge in [0, 0.05) is 6.54 Å². The first kappa shape index (κ1) is 26.4. The summed E-state index contributed by atoms with van der Waals surface area (Å²) in [4.78, 5) is 38.9. The Hall–Kier alpha value is -2.83. The number of carboxylic acids is 1. The number of likely N-dealkylation sites (tertiary alicyclic amines) is 1. The summed E-state index contributed by atoms with van der Waals surface area (Å²) in [6.45, 7) is 9.99. The summed E-state index contributed by atoms with van der Waals surface area (Å²) in [6.07, 6.45) is 5.45. The first-order chi connectivity index (χ1) is 15.5. The van der Waals surface area contributed by atoms with Crippen molar-refractivity contribution in [3.8, 4) is 0 Å². The zero-order valence-corrected chi connectivity index (χ0v) is 20.4. The topological polar surface area (TPSA) is 95.9 Å². The van der Waals surface area contributed by atoms with Crippen LogP contribution >= 0.6 is 0 Å². The van der Waals surface area contributed by atoms with E-state index in [9.17, 15) is 19.5 Å². The summed E-state index contributed by atoms with van der Waals surface area (Å²) in [5.74, 6) is -1.37. The van der Waals surface area contributed by atoms with E-state index in [1.54, 1.807) is 0 Å². The molecule has 1 saturated heterocycles. The largest absolute Gasteiger partial charge is 0.480 e. The second-order valence-corrected chi connectivity index (χ2v) is 10.1. The third-order valence-corrected chi connectivity index (χ3v) is 5.44. The van der Waals surface area contributed by atoms with E-state index >= 15 is 0 Å². The Balaban J connectivity index is 2.25. The van der Waals surface area contributed by atoms with E-state index in [1.807, 2.05) is 63.3 Å². The van der Waals surface area contributed by atoms with Gasteiger partial charge in [-0.3, -0.25) is 4.79 Å². The number of ether oxygens (including phenoxy) is 1. The Kier molecular flexibility index (Phi) is 9.50. The van der Waals surface area contributed by atoms with Crippen LogP contribution < -0.4 is 5.32 Å². The van der Waals surface area contributed by atoms with Crippen LogP contribution in [0.15, 0.2) is 42.5 Å². The number of carbonyl (C=O) groups is 3. The van der Waals surface area contributed by atoms with Gasteiger partial charge in [0.15, 0.2) is 0 Å². The SMILES string of the molecule is CC(C)C[C@@H](/C=C/[C@H](Cc1ccccc1)C(=O)N1CCC[C@@H]1C(=O)O)NC(=O)OC(C)(C)C. The molecule has 0 bridgehead atoms. The molecule has 0 spiro atoms. The molecule has 7 heteroatoms. The van der Waals surface area contributed by atoms with Crippen molar-refractivity contribution in [1.29, 1.82) is 0 Å². The number of amides is 2. The molecule has 1 aliphatic rings. The van der Waals surface area contributed by atoms with Crippen LogP contribution in [0, 0.1) is 11.8 Å². The number of hydrogen-bond donors (Lipinski definition) is 2. The van der Waals surface area contributed by atoms with Gasteiger partial charge in [0.2, 0.25) is 5.91 Å². The van der Waals surface area contributed by atoms with Crippen molar-refractivity contribution in [2.24, 2.45) is 11.8 Å². The maximum atomic E-state index is 13.4. The fraction of sp³-hybridized carbons (Fsp3) is 0.577. The average Bonchev–Trinajstić information content (AvgIpc) is 3.19. The molecule has 0 unspecified atom stereocenters. The summed E-state index contributed by atoms with van der Waals surface area (Å²) in [5.41, 5.74) is 0.385. The fourth-order valence-corrected chi connectivity index (χ4v) is 4.03. The normalized spacial score (nSPS) is 18.4. The van der Waals surface area contributed by atoms with E-state index < -0.39 is 29.6 Å². The van der Waals surface area contributed by atoms with Gasteiger partial charge in [0.25, 0.3) is 0 Å². The van der Waals surface area contributed by atoms with Crippen LogP contribution in [0.5, 0.6) is 0 Å². The maximum Gasteiger partial charge on any atom is 0.408 e. The summed E-state index contributed by atoms with van der Waals surface area (Å²) in [5, 5.41) is 12.4. The highest BCUT2D eigenvalue weighted by Crippen LogP contribution is 2.23. The van der Waals surface area contributed by atoms with E-state index in [-0.39, 0.29) is 11.9 Å². The molecule has 1 aromatic carbocycles. The van der Waals surface area contributed by atoms with Gasteiger partial charge in [0.1, 0.15) is 11.6 Å². The van der Waals surface area contributed by atoms with Crippen LogP contribution in [0.3, 0.4) is 0 Å². The van der Waals surface area contributed by atoms with E-state index in [0.717, 1.165) is 5.56 Å². The van der Waals surface area contributed by atoms with Crippen molar-refractivity contribution in [2.75, 3.05) is 6.54 Å². The molecule has 0 aliphatic carbocycles. The lowest BCUT2D eigenvalue weighted by Crippen LogP contribution is -2.44. The van der Waals surface area contributed by atoms with Crippen molar-refractivity contribution in [2.45, 2.75) is 78.0 Å². The Morgan fingerprint density at radius 1 is 1.18 bits per heavy atom. The Labute approximate surface area is 197 Å². The molecule has 1 fully saturated rings. The van der Waals surface area contributed by atoms with Crippen molar-refractivity contribution in [1.82, 2.24) is 10.2 Å². The zero-order valence-electron chi connectivity index (χ0n) is 20.4. The molecule has 1 aliphatic heterocycles. The molecule has 0 aromatic heterocycles. The average molecular weight is 459 g/mol. The number of nitrogens with one attached hydrogen (secondary N) is 1. The second-order valence-electron chi connectivity index (χ2n) is 10.1. The molecule has 182 valence electrons. The standard InChI is InChI=1S/C26H38N2O5/c1-18(2)16-21(27-25(32)33-26(3,4)5)14-13-20(17-19-10-7-6-8-11-19)23(29)28-15-9-12-22(28)24(30)31/h6-8,10-11,13-14,18,20-22H,9,12,15-17H2,1-5H3,(H,27,32)(H,30,31)/b14-13+/t20-,21-,22-/m1/s1. The molecule has 7 nitrogen and oxygen atoms in total. The quantitative estimate of drug-likeness (QED) is 0.534. The Bertz CT molecular complexity index is 829. The summed E-state index contributed by atoms with van der Waals surface area (Å²) in [6, 6.07) is 8.58. The van der Waals surface area contributed by atoms with Gasteiger partial charge in [0.05, 0.1) is 12.0 Å². The van der Waals surface area contributed by atoms with Crippen molar-refractivity contribution >= 4 is 18.0 Å². The van der Waals surface area contributed by atoms with E-state index in [2.05, 4.69) is 19.2 Å². The molecule has 2 N–H and O–H groups in total. The van der Waals surface area contributed by atoms with Crippen LogP contribution in [0.2, 0.25) is 0 Å². The molecule has 1 aromatic rings. The molecule has 1 heterocycles. The zero-order chi connectivity index (χ0) is 24.6. The highest BCUT2D eigenvalue weighted by molar-refractivity contribution is 5.87. The number of alkyl carbamates (subject to hydrolysis) is 1. The van der Waals surface area contributed by atoms with Crippen LogP contribution in [-0.4, -0.2) is 52.2 Å². The number of carboxylic acid groups (broad SMARTS) is 1. The maximum absolute atomic E-state index is 13.4. The Morgan fingerprint density at radius 2 is 1.85 bits per heavy atom. The molecule has 3 atom stereocenters. The molecule has 33 heavy (non-hydrogen) atoms. The van der Waals surface area contributed by atoms with Crippen molar-refractivity contribution in [3.05, 3.63) is 48.0 Å². The predicted octanol–water partition coefficient (Wildman–Crippen LogP) is 4.42. The number of nitrogens with zero attached hydrogens (tertiary/aromatic N) is 1. The minimum atomic E-state index is -0.965. The molecule has 0 radical (unpaired) electrons. The van der Waals surface area contributed by atoms with Gasteiger partial charge < -0.3 is 20.1 Å². The van der Waals surface area contributed by atoms with Gasteiger partial charge >= 0.3 is 12.1 Å². The van der Waals surface area contributed by atoms with Crippen LogP contribution in [0.4, 0.5) is 4.79 Å². The molecule has 0 saturated carbocycles. The monoisotopic (exact) mass is 458 g/mol. The smallest absolute Gasteiger partial charge is 0.408 e. The first-order valence-corrected chi connectivity index (χ1v) is 11.7. The molecule has 2 amide bonds. The minimum Gasteiger partial charge on any atom is -0.480 e. The number of hydrogen-bond acceptors (Lipinski definition) is 4. The van der Waals surface area contributed by atoms with Crippen LogP contribution in [0.25, 0.3) is 0 Å². The van der Waals surface area contributed by atoms with Gasteiger partial charge in [-0.05, 0) is 57.9 Å². The molecule has 2 rings (SSSR count). The third kappa shape index (κ3) is 8.91. The number of rotatable bonds is 9. The third-order valence-electron chi connectivity index (χ3n) is 5.44. The number of aliphatic carboxylic acids is 1. The highest BCUT2D eigenvalue weighted by Gasteiger charge is 2.36. The van der Waals surface area contributed by atoms with Crippen LogP contribution in [0.1, 0.15) is 59.4 Å². The van der Waals surface area contributed by atoms with Gasteiger partial charge in [-0.25, -0.2) is 9.59 Å². The van der Waals surface area contributed by atoms with Crippen LogP contribution in [-0.2, 0) is 20.7 Å². The van der Waals surface area contributed by atoms with E-state index in [4.69, 9.17) is 4.74 Å². The lowest BCUT2D eigenvalue weighted by molar-refractivity contribution is -0.149. The second kappa shape index (κ2) is 11.9. The lowest BCUT2D eigenvalue weighted by atomic mass is 9.95. The minimum absolute atomic E-state index is 0.194. The Morgan fingerprint density at radius 3 is 2.42 bits per heavy atom. The highest BCUT2D eigenvalue weighted by atomic mass is 16.6. The van der Waals surface area contributed by atoms with Crippen molar-refractivity contribution in [3.63, 3.8) is 0 Å². The number of benzene rings is 1. The summed E-state index contributed by atoms with van der Waals surface area (Å²) >= 11 is 0. The van der Waals surface area contributed by atoms with Gasteiger partial charge in [-0.15, -0.1) is 0 Å². The van der Waals surface area contributed by atoms with Gasteiger partial charge in [-0.1, -0.05) is 56.3 Å². The molecular formula is C26H38N2O5. The predicted molar refractivity (Wildman–Crippen MR) is 128 cm³/mol. The molecular weight excluding hydrogens is 420 g/mol. The number of carbonyl (C=O) groups excluding carboxylic acids is 2. The summed E-state index contributed by atoms with van der Waals surface area (Å²) < 4.78 is 5.40. The summed E-state index contributed by atoms with van der Waals surface area (Å²) in [7, 11) is 0. The lowest BCUT2D eigenvalue weighted by Gasteiger charge is -2.26. The fourth-order valence-electron chi connectivity index (χ4n) is 4.03.